The second kappa shape index (κ2) is 9.85. The van der Waals surface area contributed by atoms with E-state index in [4.69, 9.17) is 5.73 Å². The number of rotatable bonds is 5. The summed E-state index contributed by atoms with van der Waals surface area (Å²) in [5.74, 6) is 0.750. The summed E-state index contributed by atoms with van der Waals surface area (Å²) in [6.45, 7) is 7.23. The molecule has 0 aromatic heterocycles. The largest absolute Gasteiger partial charge is 0.463 e. The van der Waals surface area contributed by atoms with Gasteiger partial charge in [-0.25, -0.2) is 0 Å². The van der Waals surface area contributed by atoms with Crippen LogP contribution in [-0.4, -0.2) is 12.5 Å². The van der Waals surface area contributed by atoms with Crippen molar-refractivity contribution in [1.29, 1.82) is 0 Å². The summed E-state index contributed by atoms with van der Waals surface area (Å²) in [6, 6.07) is 9.92. The minimum absolute atomic E-state index is 0.365. The highest BCUT2D eigenvalue weighted by Crippen LogP contribution is 2.00. The molecule has 0 aliphatic carbocycles. The van der Waals surface area contributed by atoms with Crippen molar-refractivity contribution >= 4 is 6.47 Å². The Balaban J connectivity index is 0.000000325. The van der Waals surface area contributed by atoms with Gasteiger partial charge in [0.1, 0.15) is 6.61 Å². The van der Waals surface area contributed by atoms with E-state index < -0.39 is 0 Å². The van der Waals surface area contributed by atoms with Gasteiger partial charge in [0.25, 0.3) is 6.47 Å². The van der Waals surface area contributed by atoms with Crippen LogP contribution < -0.4 is 5.73 Å². The van der Waals surface area contributed by atoms with Crippen molar-refractivity contribution in [3.63, 3.8) is 0 Å². The maximum Gasteiger partial charge on any atom is 0.293 e. The number of carbonyl (C=O) groups is 1. The van der Waals surface area contributed by atoms with E-state index in [9.17, 15) is 4.79 Å². The normalized spacial score (nSPS) is 11.4. The lowest BCUT2D eigenvalue weighted by atomic mass is 10.1. The Kier molecular flexibility index (Phi) is 9.06. The molecule has 0 fully saturated rings. The minimum Gasteiger partial charge on any atom is -0.463 e. The lowest BCUT2D eigenvalue weighted by molar-refractivity contribution is -0.129. The summed E-state index contributed by atoms with van der Waals surface area (Å²) in [6.07, 6.45) is 1.14. The van der Waals surface area contributed by atoms with Crippen LogP contribution in [0.2, 0.25) is 0 Å². The maximum atomic E-state index is 9.76. The molecule has 0 heterocycles. The summed E-state index contributed by atoms with van der Waals surface area (Å²) in [4.78, 5) is 9.76. The van der Waals surface area contributed by atoms with E-state index in [-0.39, 0.29) is 0 Å². The van der Waals surface area contributed by atoms with Gasteiger partial charge in [-0.15, -0.1) is 0 Å². The van der Waals surface area contributed by atoms with Gasteiger partial charge in [-0.05, 0) is 24.8 Å². The van der Waals surface area contributed by atoms with E-state index in [1.807, 2.05) is 37.3 Å². The highest BCUT2D eigenvalue weighted by molar-refractivity contribution is 5.37. The summed E-state index contributed by atoms with van der Waals surface area (Å²) in [7, 11) is 0. The predicted octanol–water partition coefficient (Wildman–Crippen LogP) is 2.74. The molecule has 0 bridgehead atoms. The van der Waals surface area contributed by atoms with Gasteiger partial charge < -0.3 is 10.5 Å². The third kappa shape index (κ3) is 10.9. The van der Waals surface area contributed by atoms with Gasteiger partial charge >= 0.3 is 0 Å². The van der Waals surface area contributed by atoms with E-state index >= 15 is 0 Å². The molecule has 0 amide bonds. The van der Waals surface area contributed by atoms with Gasteiger partial charge in [0.05, 0.1) is 0 Å². The molecule has 3 nitrogen and oxygen atoms in total. The van der Waals surface area contributed by atoms with Crippen molar-refractivity contribution in [2.24, 2.45) is 11.7 Å². The number of nitrogens with two attached hydrogens (primary N) is 1. The Morgan fingerprint density at radius 3 is 2.18 bits per heavy atom. The van der Waals surface area contributed by atoms with Crippen molar-refractivity contribution in [1.82, 2.24) is 0 Å². The second-order valence-corrected chi connectivity index (χ2v) is 4.50. The zero-order valence-electron chi connectivity index (χ0n) is 10.9. The van der Waals surface area contributed by atoms with Crippen LogP contribution in [0.3, 0.4) is 0 Å². The van der Waals surface area contributed by atoms with Crippen LogP contribution in [0.25, 0.3) is 0 Å². The molecule has 0 spiro atoms. The molecule has 17 heavy (non-hydrogen) atoms. The van der Waals surface area contributed by atoms with Crippen LogP contribution in [0.1, 0.15) is 32.8 Å². The number of benzene rings is 1. The smallest absolute Gasteiger partial charge is 0.293 e. The molecule has 0 aliphatic rings. The Morgan fingerprint density at radius 2 is 1.82 bits per heavy atom. The average molecular weight is 237 g/mol. The standard InChI is InChI=1S/C8H8O2.C6H15N/c9-7-10-6-8-4-2-1-3-5-8;1-5(2)4-6(3)7/h1-5,7H,6H2;5-6H,4,7H2,1-3H3/t;6-/m.0/s1. The number of ether oxygens (including phenoxy) is 1. The first-order valence-corrected chi connectivity index (χ1v) is 5.91. The van der Waals surface area contributed by atoms with Crippen molar-refractivity contribution in [3.8, 4) is 0 Å². The van der Waals surface area contributed by atoms with E-state index in [1.54, 1.807) is 0 Å². The van der Waals surface area contributed by atoms with Gasteiger partial charge in [0.2, 0.25) is 0 Å². The first-order valence-electron chi connectivity index (χ1n) is 5.91. The van der Waals surface area contributed by atoms with Crippen LogP contribution in [0.5, 0.6) is 0 Å². The number of hydrogen-bond acceptors (Lipinski definition) is 3. The summed E-state index contributed by atoms with van der Waals surface area (Å²) in [5.41, 5.74) is 6.50. The summed E-state index contributed by atoms with van der Waals surface area (Å²) < 4.78 is 4.54. The van der Waals surface area contributed by atoms with Crippen LogP contribution in [0.4, 0.5) is 0 Å². The highest BCUT2D eigenvalue weighted by Gasteiger charge is 1.95. The molecule has 0 unspecified atom stereocenters. The fourth-order valence-electron chi connectivity index (χ4n) is 1.45. The fourth-order valence-corrected chi connectivity index (χ4v) is 1.45. The Labute approximate surface area is 104 Å². The monoisotopic (exact) mass is 237 g/mol. The van der Waals surface area contributed by atoms with Crippen LogP contribution in [0, 0.1) is 5.92 Å². The van der Waals surface area contributed by atoms with Gasteiger partial charge in [-0.1, -0.05) is 44.2 Å². The molecule has 1 atom stereocenters. The zero-order chi connectivity index (χ0) is 13.1. The Morgan fingerprint density at radius 1 is 1.24 bits per heavy atom. The fraction of sp³-hybridized carbons (Fsp3) is 0.500. The molecular weight excluding hydrogens is 214 g/mol. The van der Waals surface area contributed by atoms with Crippen LogP contribution in [0.15, 0.2) is 30.3 Å². The second-order valence-electron chi connectivity index (χ2n) is 4.50. The average Bonchev–Trinajstić information content (AvgIpc) is 2.27. The van der Waals surface area contributed by atoms with Gasteiger partial charge in [-0.2, -0.15) is 0 Å². The van der Waals surface area contributed by atoms with Crippen molar-refractivity contribution in [2.75, 3.05) is 0 Å². The molecule has 2 N–H and O–H groups in total. The highest BCUT2D eigenvalue weighted by atomic mass is 16.5. The van der Waals surface area contributed by atoms with Gasteiger partial charge in [0.15, 0.2) is 0 Å². The summed E-state index contributed by atoms with van der Waals surface area (Å²) in [5, 5.41) is 0. The van der Waals surface area contributed by atoms with Crippen LogP contribution >= 0.6 is 0 Å². The van der Waals surface area contributed by atoms with E-state index in [0.717, 1.165) is 17.9 Å². The Hall–Kier alpha value is -1.35. The van der Waals surface area contributed by atoms with Crippen molar-refractivity contribution in [3.05, 3.63) is 35.9 Å². The molecule has 1 aromatic carbocycles. The third-order valence-corrected chi connectivity index (χ3v) is 2.00. The van der Waals surface area contributed by atoms with Crippen molar-refractivity contribution < 1.29 is 9.53 Å². The lowest BCUT2D eigenvalue weighted by Gasteiger charge is -2.05. The summed E-state index contributed by atoms with van der Waals surface area (Å²) >= 11 is 0. The first kappa shape index (κ1) is 15.7. The molecule has 0 aliphatic heterocycles. The molecule has 1 rings (SSSR count). The first-order chi connectivity index (χ1) is 8.06. The van der Waals surface area contributed by atoms with Crippen LogP contribution in [-0.2, 0) is 16.1 Å². The zero-order valence-corrected chi connectivity index (χ0v) is 10.9. The SMILES string of the molecule is CC(C)C[C@H](C)N.O=COCc1ccccc1. The van der Waals surface area contributed by atoms with E-state index in [0.29, 0.717) is 19.1 Å². The molecule has 0 saturated heterocycles. The van der Waals surface area contributed by atoms with Crippen molar-refractivity contribution in [2.45, 2.75) is 39.8 Å². The maximum absolute atomic E-state index is 9.76. The molecule has 1 aromatic rings. The molecule has 0 radical (unpaired) electrons. The van der Waals surface area contributed by atoms with Gasteiger partial charge in [-0.3, -0.25) is 4.79 Å². The lowest BCUT2D eigenvalue weighted by Crippen LogP contribution is -2.16. The minimum atomic E-state index is 0.365. The molecular formula is C14H23NO2. The molecule has 0 saturated carbocycles. The predicted molar refractivity (Wildman–Crippen MR) is 70.4 cm³/mol. The third-order valence-electron chi connectivity index (χ3n) is 2.00. The topological polar surface area (TPSA) is 52.3 Å². The number of hydrogen-bond donors (Lipinski definition) is 1. The Bertz CT molecular complexity index is 278. The molecule has 3 heteroatoms. The number of carbonyl (C=O) groups excluding carboxylic acids is 1. The van der Waals surface area contributed by atoms with Gasteiger partial charge in [0, 0.05) is 6.04 Å². The quantitative estimate of drug-likeness (QED) is 0.801. The van der Waals surface area contributed by atoms with E-state index in [1.165, 1.54) is 0 Å². The van der Waals surface area contributed by atoms with E-state index in [2.05, 4.69) is 18.6 Å². The molecule has 96 valence electrons.